The van der Waals surface area contributed by atoms with Crippen LogP contribution in [0.5, 0.6) is 0 Å². The van der Waals surface area contributed by atoms with Gasteiger partial charge in [-0.15, -0.1) is 0 Å². The Hall–Kier alpha value is -1.93. The maximum Gasteiger partial charge on any atom is 0.280 e. The number of rotatable bonds is 4. The largest absolute Gasteiger partial charge is 0.326 e. The summed E-state index contributed by atoms with van der Waals surface area (Å²) in [5.74, 6) is 0.241. The third-order valence-electron chi connectivity index (χ3n) is 2.07. The van der Waals surface area contributed by atoms with Crippen LogP contribution in [0, 0.1) is 0 Å². The normalized spacial score (nSPS) is 11.4. The van der Waals surface area contributed by atoms with E-state index in [4.69, 9.17) is 5.73 Å². The molecule has 0 saturated carbocycles. The molecule has 0 aliphatic carbocycles. The average Bonchev–Trinajstić information content (AvgIpc) is 2.78. The van der Waals surface area contributed by atoms with Crippen LogP contribution in [-0.2, 0) is 16.6 Å². The first-order chi connectivity index (χ1) is 8.13. The van der Waals surface area contributed by atoms with E-state index < -0.39 is 10.0 Å². The standard InChI is InChI=1S/C9H11N5O2S/c10-5-7-6-12-13-9(7)17(15,16)14-8-3-1-2-4-11-8/h1-4,6H,5,10H2,(H,11,14)(H,12,13). The summed E-state index contributed by atoms with van der Waals surface area (Å²) in [5, 5.41) is 6.03. The molecule has 0 aliphatic heterocycles. The number of aromatic amines is 1. The SMILES string of the molecule is NCc1cn[nH]c1S(=O)(=O)Nc1ccccn1. The number of H-pyrrole nitrogens is 1. The minimum absolute atomic E-state index is 0.0364. The average molecular weight is 253 g/mol. The number of sulfonamides is 1. The van der Waals surface area contributed by atoms with Crippen molar-refractivity contribution in [3.8, 4) is 0 Å². The second kappa shape index (κ2) is 4.52. The van der Waals surface area contributed by atoms with E-state index in [1.165, 1.54) is 12.4 Å². The van der Waals surface area contributed by atoms with Crippen molar-refractivity contribution in [1.29, 1.82) is 0 Å². The van der Waals surface area contributed by atoms with Gasteiger partial charge in [0.25, 0.3) is 10.0 Å². The summed E-state index contributed by atoms with van der Waals surface area (Å²) in [5.41, 5.74) is 5.84. The summed E-state index contributed by atoms with van der Waals surface area (Å²) in [6.07, 6.45) is 2.88. The lowest BCUT2D eigenvalue weighted by molar-refractivity contribution is 0.595. The van der Waals surface area contributed by atoms with E-state index in [9.17, 15) is 8.42 Å². The summed E-state index contributed by atoms with van der Waals surface area (Å²) in [7, 11) is -3.72. The van der Waals surface area contributed by atoms with Gasteiger partial charge in [0.05, 0.1) is 6.20 Å². The minimum atomic E-state index is -3.72. The highest BCUT2D eigenvalue weighted by molar-refractivity contribution is 7.92. The smallest absolute Gasteiger partial charge is 0.280 e. The second-order valence-electron chi connectivity index (χ2n) is 3.25. The zero-order valence-electron chi connectivity index (χ0n) is 8.79. The Kier molecular flexibility index (Phi) is 3.07. The Morgan fingerprint density at radius 3 is 2.88 bits per heavy atom. The molecule has 7 nitrogen and oxygen atoms in total. The molecule has 0 fully saturated rings. The molecule has 2 heterocycles. The summed E-state index contributed by atoms with van der Waals surface area (Å²) in [6, 6.07) is 4.93. The van der Waals surface area contributed by atoms with Crippen molar-refractivity contribution in [3.63, 3.8) is 0 Å². The molecule has 0 amide bonds. The van der Waals surface area contributed by atoms with E-state index in [1.54, 1.807) is 18.2 Å². The Balaban J connectivity index is 2.32. The zero-order chi connectivity index (χ0) is 12.3. The molecule has 0 aromatic carbocycles. The van der Waals surface area contributed by atoms with Crippen LogP contribution in [0.25, 0.3) is 0 Å². The van der Waals surface area contributed by atoms with Crippen molar-refractivity contribution in [2.75, 3.05) is 4.72 Å². The summed E-state index contributed by atoms with van der Waals surface area (Å²) in [6.45, 7) is 0.0922. The molecule has 2 aromatic heterocycles. The van der Waals surface area contributed by atoms with Gasteiger partial charge in [0.2, 0.25) is 0 Å². The number of hydrogen-bond acceptors (Lipinski definition) is 5. The number of nitrogens with two attached hydrogens (primary N) is 1. The molecular weight excluding hydrogens is 242 g/mol. The highest BCUT2D eigenvalue weighted by atomic mass is 32.2. The lowest BCUT2D eigenvalue weighted by Crippen LogP contribution is -2.16. The summed E-state index contributed by atoms with van der Waals surface area (Å²) >= 11 is 0. The van der Waals surface area contributed by atoms with Crippen molar-refractivity contribution in [3.05, 3.63) is 36.2 Å². The molecule has 0 bridgehead atoms. The lowest BCUT2D eigenvalue weighted by Gasteiger charge is -2.06. The molecule has 0 aliphatic rings. The van der Waals surface area contributed by atoms with Crippen LogP contribution in [0.4, 0.5) is 5.82 Å². The summed E-state index contributed by atoms with van der Waals surface area (Å²) < 4.78 is 26.3. The maximum atomic E-state index is 12.0. The Bertz CT molecular complexity index is 593. The first-order valence-corrected chi connectivity index (χ1v) is 6.28. The van der Waals surface area contributed by atoms with E-state index in [0.29, 0.717) is 5.56 Å². The number of nitrogens with one attached hydrogen (secondary N) is 2. The van der Waals surface area contributed by atoms with Crippen LogP contribution < -0.4 is 10.5 Å². The topological polar surface area (TPSA) is 114 Å². The van der Waals surface area contributed by atoms with Gasteiger partial charge in [0, 0.05) is 18.3 Å². The molecular formula is C9H11N5O2S. The van der Waals surface area contributed by atoms with Crippen molar-refractivity contribution < 1.29 is 8.42 Å². The fourth-order valence-corrected chi connectivity index (χ4v) is 2.44. The molecule has 0 saturated heterocycles. The van der Waals surface area contributed by atoms with Crippen LogP contribution in [0.3, 0.4) is 0 Å². The van der Waals surface area contributed by atoms with Crippen LogP contribution in [0.2, 0.25) is 0 Å². The minimum Gasteiger partial charge on any atom is -0.326 e. The maximum absolute atomic E-state index is 12.0. The van der Waals surface area contributed by atoms with Crippen molar-refractivity contribution in [2.24, 2.45) is 5.73 Å². The molecule has 0 atom stereocenters. The molecule has 0 radical (unpaired) electrons. The van der Waals surface area contributed by atoms with Gasteiger partial charge in [-0.2, -0.15) is 13.5 Å². The third-order valence-corrected chi connectivity index (χ3v) is 3.44. The molecule has 2 rings (SSSR count). The molecule has 0 unspecified atom stereocenters. The predicted molar refractivity (Wildman–Crippen MR) is 61.5 cm³/mol. The molecule has 0 spiro atoms. The van der Waals surface area contributed by atoms with Gasteiger partial charge < -0.3 is 5.73 Å². The van der Waals surface area contributed by atoms with Crippen LogP contribution in [-0.4, -0.2) is 23.6 Å². The fourth-order valence-electron chi connectivity index (χ4n) is 1.29. The summed E-state index contributed by atoms with van der Waals surface area (Å²) in [4.78, 5) is 3.87. The highest BCUT2D eigenvalue weighted by Crippen LogP contribution is 2.14. The van der Waals surface area contributed by atoms with E-state index in [1.807, 2.05) is 0 Å². The first kappa shape index (κ1) is 11.6. The van der Waals surface area contributed by atoms with Crippen LogP contribution in [0.15, 0.2) is 35.6 Å². The zero-order valence-corrected chi connectivity index (χ0v) is 9.61. The van der Waals surface area contributed by atoms with Gasteiger partial charge in [0.15, 0.2) is 5.03 Å². The second-order valence-corrected chi connectivity index (χ2v) is 4.87. The van der Waals surface area contributed by atoms with Gasteiger partial charge in [0.1, 0.15) is 5.82 Å². The Labute approximate surface area is 98.1 Å². The van der Waals surface area contributed by atoms with Gasteiger partial charge in [-0.3, -0.25) is 9.82 Å². The number of anilines is 1. The third kappa shape index (κ3) is 2.43. The Morgan fingerprint density at radius 1 is 1.41 bits per heavy atom. The van der Waals surface area contributed by atoms with E-state index >= 15 is 0 Å². The molecule has 17 heavy (non-hydrogen) atoms. The van der Waals surface area contributed by atoms with E-state index in [2.05, 4.69) is 19.9 Å². The van der Waals surface area contributed by atoms with Gasteiger partial charge in [-0.1, -0.05) is 6.07 Å². The van der Waals surface area contributed by atoms with Crippen molar-refractivity contribution >= 4 is 15.8 Å². The van der Waals surface area contributed by atoms with Gasteiger partial charge in [-0.25, -0.2) is 4.98 Å². The quantitative estimate of drug-likeness (QED) is 0.713. The lowest BCUT2D eigenvalue weighted by atomic mass is 10.4. The number of hydrogen-bond donors (Lipinski definition) is 3. The van der Waals surface area contributed by atoms with Gasteiger partial charge in [-0.05, 0) is 12.1 Å². The molecule has 90 valence electrons. The molecule has 4 N–H and O–H groups in total. The highest BCUT2D eigenvalue weighted by Gasteiger charge is 2.20. The number of pyridine rings is 1. The number of aromatic nitrogens is 3. The predicted octanol–water partition coefficient (Wildman–Crippen LogP) is 0.0642. The number of nitrogens with zero attached hydrogens (tertiary/aromatic N) is 2. The van der Waals surface area contributed by atoms with Crippen molar-refractivity contribution in [1.82, 2.24) is 15.2 Å². The fraction of sp³-hybridized carbons (Fsp3) is 0.111. The van der Waals surface area contributed by atoms with Crippen LogP contribution in [0.1, 0.15) is 5.56 Å². The van der Waals surface area contributed by atoms with E-state index in [0.717, 1.165) is 0 Å². The van der Waals surface area contributed by atoms with Crippen LogP contribution >= 0.6 is 0 Å². The molecule has 8 heteroatoms. The monoisotopic (exact) mass is 253 g/mol. The van der Waals surface area contributed by atoms with Crippen molar-refractivity contribution in [2.45, 2.75) is 11.6 Å². The molecule has 2 aromatic rings. The van der Waals surface area contributed by atoms with Gasteiger partial charge >= 0.3 is 0 Å². The van der Waals surface area contributed by atoms with E-state index in [-0.39, 0.29) is 17.4 Å². The Morgan fingerprint density at radius 2 is 2.24 bits per heavy atom. The first-order valence-electron chi connectivity index (χ1n) is 4.79.